The van der Waals surface area contributed by atoms with Crippen LogP contribution in [0.25, 0.3) is 11.4 Å². The molecule has 3 rings (SSSR count). The van der Waals surface area contributed by atoms with Crippen LogP contribution in [0, 0.1) is 0 Å². The molecule has 1 saturated heterocycles. The molecule has 1 aliphatic rings. The third kappa shape index (κ3) is 3.66. The molecule has 1 fully saturated rings. The highest BCUT2D eigenvalue weighted by atomic mass is 16.5. The Balaban J connectivity index is 1.84. The van der Waals surface area contributed by atoms with Crippen molar-refractivity contribution in [2.24, 2.45) is 5.73 Å². The van der Waals surface area contributed by atoms with Crippen molar-refractivity contribution in [1.29, 1.82) is 0 Å². The first-order chi connectivity index (χ1) is 11.7. The van der Waals surface area contributed by atoms with Crippen LogP contribution in [0.1, 0.15) is 16.8 Å². The first-order valence-electron chi connectivity index (χ1n) is 7.77. The Morgan fingerprint density at radius 1 is 1.33 bits per heavy atom. The van der Waals surface area contributed by atoms with Crippen LogP contribution < -0.4 is 10.6 Å². The number of morpholine rings is 1. The summed E-state index contributed by atoms with van der Waals surface area (Å²) in [5, 5.41) is 9.10. The average molecular weight is 329 g/mol. The van der Waals surface area contributed by atoms with Gasteiger partial charge in [-0.15, -0.1) is 0 Å². The van der Waals surface area contributed by atoms with Crippen LogP contribution >= 0.6 is 0 Å². The van der Waals surface area contributed by atoms with Gasteiger partial charge in [-0.05, 0) is 31.2 Å². The predicted octanol–water partition coefficient (Wildman–Crippen LogP) is 0.791. The maximum absolute atomic E-state index is 11.1. The van der Waals surface area contributed by atoms with E-state index in [1.54, 1.807) is 12.3 Å². The van der Waals surface area contributed by atoms with Crippen LogP contribution in [0.3, 0.4) is 0 Å². The molecule has 2 aromatic rings. The van der Waals surface area contributed by atoms with Gasteiger partial charge < -0.3 is 20.5 Å². The van der Waals surface area contributed by atoms with E-state index in [4.69, 9.17) is 15.6 Å². The number of aromatic carboxylic acids is 1. The molecule has 0 spiro atoms. The molecule has 0 amide bonds. The van der Waals surface area contributed by atoms with Gasteiger partial charge in [-0.25, -0.2) is 14.8 Å². The molecule has 8 nitrogen and oxygen atoms in total. The van der Waals surface area contributed by atoms with Crippen molar-refractivity contribution in [2.45, 2.75) is 12.5 Å². The summed E-state index contributed by atoms with van der Waals surface area (Å²) < 4.78 is 5.67. The molecule has 0 radical (unpaired) electrons. The van der Waals surface area contributed by atoms with E-state index in [2.05, 4.69) is 15.0 Å². The zero-order valence-corrected chi connectivity index (χ0v) is 13.1. The van der Waals surface area contributed by atoms with Gasteiger partial charge >= 0.3 is 5.97 Å². The van der Waals surface area contributed by atoms with Crippen molar-refractivity contribution in [3.63, 3.8) is 0 Å². The Labute approximate surface area is 139 Å². The number of nitrogens with two attached hydrogens (primary N) is 1. The minimum absolute atomic E-state index is 0.0736. The van der Waals surface area contributed by atoms with E-state index < -0.39 is 5.97 Å². The van der Waals surface area contributed by atoms with Gasteiger partial charge in [0, 0.05) is 25.5 Å². The summed E-state index contributed by atoms with van der Waals surface area (Å²) in [6.07, 6.45) is 3.98. The van der Waals surface area contributed by atoms with Gasteiger partial charge in [0.25, 0.3) is 0 Å². The SMILES string of the molecule is NCC[C@@H]1CN(c2nccc(-c3cc(C(=O)O)ccn3)n2)CCO1. The molecule has 1 atom stereocenters. The van der Waals surface area contributed by atoms with Crippen molar-refractivity contribution in [1.82, 2.24) is 15.0 Å². The topological polar surface area (TPSA) is 114 Å². The third-order valence-corrected chi connectivity index (χ3v) is 3.82. The molecule has 3 heterocycles. The monoisotopic (exact) mass is 329 g/mol. The van der Waals surface area contributed by atoms with Gasteiger partial charge in [0.2, 0.25) is 5.95 Å². The molecular weight excluding hydrogens is 310 g/mol. The highest BCUT2D eigenvalue weighted by Crippen LogP contribution is 2.20. The van der Waals surface area contributed by atoms with Crippen molar-refractivity contribution in [3.8, 4) is 11.4 Å². The fourth-order valence-corrected chi connectivity index (χ4v) is 2.61. The van der Waals surface area contributed by atoms with Crippen molar-refractivity contribution in [3.05, 3.63) is 36.2 Å². The van der Waals surface area contributed by atoms with E-state index >= 15 is 0 Å². The summed E-state index contributed by atoms with van der Waals surface area (Å²) in [6, 6.07) is 4.67. The number of pyridine rings is 1. The molecule has 8 heteroatoms. The summed E-state index contributed by atoms with van der Waals surface area (Å²) in [7, 11) is 0. The first kappa shape index (κ1) is 16.3. The van der Waals surface area contributed by atoms with E-state index in [0.29, 0.717) is 43.6 Å². The van der Waals surface area contributed by atoms with Gasteiger partial charge in [-0.3, -0.25) is 4.98 Å². The summed E-state index contributed by atoms with van der Waals surface area (Å²) in [6.45, 7) is 2.56. The molecule has 0 saturated carbocycles. The number of carboxylic acids is 1. The van der Waals surface area contributed by atoms with E-state index in [0.717, 1.165) is 6.42 Å². The molecule has 0 aliphatic carbocycles. The number of ether oxygens (including phenoxy) is 1. The quantitative estimate of drug-likeness (QED) is 0.827. The zero-order chi connectivity index (χ0) is 16.9. The number of hydrogen-bond donors (Lipinski definition) is 2. The maximum atomic E-state index is 11.1. The third-order valence-electron chi connectivity index (χ3n) is 3.82. The second-order valence-corrected chi connectivity index (χ2v) is 5.49. The largest absolute Gasteiger partial charge is 0.478 e. The molecule has 3 N–H and O–H groups in total. The molecule has 0 bridgehead atoms. The number of anilines is 1. The molecule has 0 unspecified atom stereocenters. The lowest BCUT2D eigenvalue weighted by Crippen LogP contribution is -2.44. The first-order valence-corrected chi connectivity index (χ1v) is 7.77. The number of nitrogens with zero attached hydrogens (tertiary/aromatic N) is 4. The Bertz CT molecular complexity index is 722. The summed E-state index contributed by atoms with van der Waals surface area (Å²) in [5.74, 6) is -0.411. The van der Waals surface area contributed by atoms with Crippen molar-refractivity contribution >= 4 is 11.9 Å². The highest BCUT2D eigenvalue weighted by molar-refractivity contribution is 5.88. The Kier molecular flexibility index (Phi) is 4.97. The molecule has 0 aromatic carbocycles. The maximum Gasteiger partial charge on any atom is 0.335 e. The fraction of sp³-hybridized carbons (Fsp3) is 0.375. The Morgan fingerprint density at radius 3 is 2.96 bits per heavy atom. The van der Waals surface area contributed by atoms with Gasteiger partial charge in [0.1, 0.15) is 0 Å². The molecular formula is C16H19N5O3. The summed E-state index contributed by atoms with van der Waals surface area (Å²) >= 11 is 0. The van der Waals surface area contributed by atoms with E-state index in [9.17, 15) is 4.79 Å². The van der Waals surface area contributed by atoms with Crippen LogP contribution in [-0.2, 0) is 4.74 Å². The average Bonchev–Trinajstić information content (AvgIpc) is 2.62. The Hall–Kier alpha value is -2.58. The van der Waals surface area contributed by atoms with Crippen LogP contribution in [0.5, 0.6) is 0 Å². The second kappa shape index (κ2) is 7.33. The molecule has 1 aliphatic heterocycles. The Morgan fingerprint density at radius 2 is 2.17 bits per heavy atom. The number of carbonyl (C=O) groups is 1. The van der Waals surface area contributed by atoms with Crippen molar-refractivity contribution in [2.75, 3.05) is 31.1 Å². The number of rotatable bonds is 5. The van der Waals surface area contributed by atoms with Gasteiger partial charge in [-0.2, -0.15) is 0 Å². The molecule has 126 valence electrons. The number of aromatic nitrogens is 3. The standard InChI is InChI=1S/C16H19N5O3/c17-4-1-12-10-21(7-8-24-12)16-19-6-3-13(20-16)14-9-11(15(22)23)2-5-18-14/h2-3,5-6,9,12H,1,4,7-8,10,17H2,(H,22,23)/t12-/m1/s1. The summed E-state index contributed by atoms with van der Waals surface area (Å²) in [5.41, 5.74) is 6.86. The molecule has 2 aromatic heterocycles. The lowest BCUT2D eigenvalue weighted by atomic mass is 10.2. The normalized spacial score (nSPS) is 17.7. The van der Waals surface area contributed by atoms with Gasteiger partial charge in [0.05, 0.1) is 29.7 Å². The highest BCUT2D eigenvalue weighted by Gasteiger charge is 2.22. The second-order valence-electron chi connectivity index (χ2n) is 5.49. The predicted molar refractivity (Wildman–Crippen MR) is 87.8 cm³/mol. The van der Waals surface area contributed by atoms with Crippen molar-refractivity contribution < 1.29 is 14.6 Å². The van der Waals surface area contributed by atoms with Crippen LogP contribution in [0.4, 0.5) is 5.95 Å². The van der Waals surface area contributed by atoms with Crippen LogP contribution in [0.15, 0.2) is 30.6 Å². The van der Waals surface area contributed by atoms with E-state index in [-0.39, 0.29) is 11.7 Å². The van der Waals surface area contributed by atoms with Crippen LogP contribution in [0.2, 0.25) is 0 Å². The smallest absolute Gasteiger partial charge is 0.335 e. The lowest BCUT2D eigenvalue weighted by molar-refractivity contribution is 0.0363. The van der Waals surface area contributed by atoms with Crippen LogP contribution in [-0.4, -0.2) is 58.4 Å². The zero-order valence-electron chi connectivity index (χ0n) is 13.1. The fourth-order valence-electron chi connectivity index (χ4n) is 2.61. The number of hydrogen-bond acceptors (Lipinski definition) is 7. The minimum atomic E-state index is -0.995. The van der Waals surface area contributed by atoms with Gasteiger partial charge in [0.15, 0.2) is 0 Å². The molecule has 24 heavy (non-hydrogen) atoms. The lowest BCUT2D eigenvalue weighted by Gasteiger charge is -2.32. The van der Waals surface area contributed by atoms with Gasteiger partial charge in [-0.1, -0.05) is 0 Å². The summed E-state index contributed by atoms with van der Waals surface area (Å²) in [4.78, 5) is 26.2. The number of carboxylic acid groups (broad SMARTS) is 1. The van der Waals surface area contributed by atoms with E-state index in [1.165, 1.54) is 18.3 Å². The minimum Gasteiger partial charge on any atom is -0.478 e. The van der Waals surface area contributed by atoms with E-state index in [1.807, 2.05) is 4.90 Å².